The SMILES string of the molecule is O=C[C@@H]1CC(=O)CN1. The van der Waals surface area contributed by atoms with Crippen molar-refractivity contribution < 1.29 is 9.59 Å². The Kier molecular flexibility index (Phi) is 1.39. The molecule has 3 heteroatoms. The Morgan fingerprint density at radius 2 is 2.50 bits per heavy atom. The van der Waals surface area contributed by atoms with Gasteiger partial charge >= 0.3 is 0 Å². The fourth-order valence-electron chi connectivity index (χ4n) is 0.731. The van der Waals surface area contributed by atoms with Crippen molar-refractivity contribution in [3.8, 4) is 0 Å². The van der Waals surface area contributed by atoms with Crippen molar-refractivity contribution in [1.82, 2.24) is 5.32 Å². The van der Waals surface area contributed by atoms with Crippen LogP contribution in [0.2, 0.25) is 0 Å². The summed E-state index contributed by atoms with van der Waals surface area (Å²) in [6, 6.07) is -0.206. The maximum atomic E-state index is 10.4. The number of carbonyl (C=O) groups excluding carboxylic acids is 2. The summed E-state index contributed by atoms with van der Waals surface area (Å²) in [6.45, 7) is 0.364. The molecule has 1 saturated heterocycles. The molecule has 8 heavy (non-hydrogen) atoms. The van der Waals surface area contributed by atoms with E-state index in [2.05, 4.69) is 5.32 Å². The van der Waals surface area contributed by atoms with Gasteiger partial charge in [0, 0.05) is 6.42 Å². The normalized spacial score (nSPS) is 28.5. The third-order valence-corrected chi connectivity index (χ3v) is 1.17. The molecule has 0 aromatic rings. The van der Waals surface area contributed by atoms with Crippen molar-refractivity contribution in [2.45, 2.75) is 12.5 Å². The highest BCUT2D eigenvalue weighted by Gasteiger charge is 2.19. The Morgan fingerprint density at radius 3 is 2.75 bits per heavy atom. The van der Waals surface area contributed by atoms with Crippen LogP contribution in [0.1, 0.15) is 6.42 Å². The van der Waals surface area contributed by atoms with Crippen molar-refractivity contribution in [3.05, 3.63) is 0 Å². The standard InChI is InChI=1S/C5H7NO2/c7-3-4-1-5(8)2-6-4/h3-4,6H,1-2H2/t4-/m0/s1. The van der Waals surface area contributed by atoms with Crippen LogP contribution in [-0.2, 0) is 9.59 Å². The zero-order valence-corrected chi connectivity index (χ0v) is 4.39. The first-order valence-electron chi connectivity index (χ1n) is 2.53. The van der Waals surface area contributed by atoms with Crippen LogP contribution in [0.25, 0.3) is 0 Å². The molecule has 44 valence electrons. The van der Waals surface area contributed by atoms with Crippen molar-refractivity contribution in [1.29, 1.82) is 0 Å². The smallest absolute Gasteiger partial charge is 0.148 e. The molecule has 0 aliphatic carbocycles. The lowest BCUT2D eigenvalue weighted by atomic mass is 10.2. The van der Waals surface area contributed by atoms with Crippen LogP contribution >= 0.6 is 0 Å². The molecule has 0 saturated carbocycles. The van der Waals surface area contributed by atoms with Crippen molar-refractivity contribution in [2.75, 3.05) is 6.54 Å². The molecule has 1 fully saturated rings. The minimum Gasteiger partial charge on any atom is -0.302 e. The number of carbonyl (C=O) groups is 2. The van der Waals surface area contributed by atoms with Crippen molar-refractivity contribution in [2.24, 2.45) is 0 Å². The van der Waals surface area contributed by atoms with E-state index in [1.54, 1.807) is 0 Å². The number of ketones is 1. The van der Waals surface area contributed by atoms with E-state index >= 15 is 0 Å². The van der Waals surface area contributed by atoms with Crippen molar-refractivity contribution in [3.63, 3.8) is 0 Å². The predicted octanol–water partition coefficient (Wildman–Crippen LogP) is -0.884. The number of hydrogen-bond acceptors (Lipinski definition) is 3. The van der Waals surface area contributed by atoms with E-state index in [1.807, 2.05) is 0 Å². The molecular formula is C5H7NO2. The van der Waals surface area contributed by atoms with Gasteiger partial charge in [0.1, 0.15) is 12.1 Å². The lowest BCUT2D eigenvalue weighted by molar-refractivity contribution is -0.117. The fourth-order valence-corrected chi connectivity index (χ4v) is 0.731. The van der Waals surface area contributed by atoms with Gasteiger partial charge in [0.25, 0.3) is 0 Å². The van der Waals surface area contributed by atoms with Crippen LogP contribution in [0.4, 0.5) is 0 Å². The average molecular weight is 113 g/mol. The Morgan fingerprint density at radius 1 is 1.75 bits per heavy atom. The Bertz CT molecular complexity index is 122. The molecule has 1 atom stereocenters. The van der Waals surface area contributed by atoms with E-state index in [9.17, 15) is 9.59 Å². The second-order valence-electron chi connectivity index (χ2n) is 1.87. The molecule has 1 rings (SSSR count). The van der Waals surface area contributed by atoms with Crippen LogP contribution in [0.3, 0.4) is 0 Å². The molecule has 0 aromatic carbocycles. The summed E-state index contributed by atoms with van der Waals surface area (Å²) in [6.07, 6.45) is 1.15. The Balaban J connectivity index is 2.43. The summed E-state index contributed by atoms with van der Waals surface area (Å²) in [7, 11) is 0. The van der Waals surface area contributed by atoms with Gasteiger partial charge in [-0.25, -0.2) is 0 Å². The monoisotopic (exact) mass is 113 g/mol. The maximum absolute atomic E-state index is 10.4. The lowest BCUT2D eigenvalue weighted by Gasteiger charge is -1.92. The first-order valence-corrected chi connectivity index (χ1v) is 2.53. The summed E-state index contributed by atoms with van der Waals surface area (Å²) in [5.74, 6) is 0.127. The van der Waals surface area contributed by atoms with Crippen LogP contribution in [0.15, 0.2) is 0 Å². The molecule has 1 N–H and O–H groups in total. The van der Waals surface area contributed by atoms with Crippen LogP contribution in [0.5, 0.6) is 0 Å². The molecule has 0 amide bonds. The zero-order valence-electron chi connectivity index (χ0n) is 4.39. The Hall–Kier alpha value is -0.700. The molecule has 1 aliphatic heterocycles. The molecular weight excluding hydrogens is 106 g/mol. The van der Waals surface area contributed by atoms with E-state index in [0.717, 1.165) is 6.29 Å². The topological polar surface area (TPSA) is 46.2 Å². The number of Topliss-reactive ketones (excluding diaryl/α,β-unsaturated/α-hetero) is 1. The predicted molar refractivity (Wildman–Crippen MR) is 27.5 cm³/mol. The third-order valence-electron chi connectivity index (χ3n) is 1.17. The number of aldehydes is 1. The molecule has 0 radical (unpaired) electrons. The van der Waals surface area contributed by atoms with Crippen LogP contribution in [0, 0.1) is 0 Å². The highest BCUT2D eigenvalue weighted by molar-refractivity contribution is 5.87. The highest BCUT2D eigenvalue weighted by Crippen LogP contribution is 1.96. The number of rotatable bonds is 1. The summed E-state index contributed by atoms with van der Waals surface area (Å²) in [5.41, 5.74) is 0. The molecule has 0 unspecified atom stereocenters. The molecule has 0 aromatic heterocycles. The summed E-state index contributed by atoms with van der Waals surface area (Å²) >= 11 is 0. The van der Waals surface area contributed by atoms with E-state index in [0.29, 0.717) is 13.0 Å². The molecule has 3 nitrogen and oxygen atoms in total. The molecule has 1 aliphatic rings. The largest absolute Gasteiger partial charge is 0.302 e. The van der Waals surface area contributed by atoms with Gasteiger partial charge in [0.05, 0.1) is 12.6 Å². The molecule has 1 heterocycles. The fraction of sp³-hybridized carbons (Fsp3) is 0.600. The first kappa shape index (κ1) is 5.44. The summed E-state index contributed by atoms with van der Waals surface area (Å²) < 4.78 is 0. The maximum Gasteiger partial charge on any atom is 0.148 e. The van der Waals surface area contributed by atoms with Gasteiger partial charge < -0.3 is 10.1 Å². The van der Waals surface area contributed by atoms with Gasteiger partial charge in [-0.1, -0.05) is 0 Å². The van der Waals surface area contributed by atoms with Gasteiger partial charge in [-0.3, -0.25) is 4.79 Å². The van der Waals surface area contributed by atoms with Crippen molar-refractivity contribution >= 4 is 12.1 Å². The quantitative estimate of drug-likeness (QED) is 0.449. The summed E-state index contributed by atoms with van der Waals surface area (Å²) in [4.78, 5) is 20.3. The molecule has 0 spiro atoms. The second-order valence-corrected chi connectivity index (χ2v) is 1.87. The van der Waals surface area contributed by atoms with E-state index in [1.165, 1.54) is 0 Å². The second kappa shape index (κ2) is 2.05. The van der Waals surface area contributed by atoms with Gasteiger partial charge in [-0.15, -0.1) is 0 Å². The average Bonchev–Trinajstić information content (AvgIpc) is 2.14. The van der Waals surface area contributed by atoms with E-state index in [4.69, 9.17) is 0 Å². The summed E-state index contributed by atoms with van der Waals surface area (Å²) in [5, 5.41) is 2.74. The van der Waals surface area contributed by atoms with Gasteiger partial charge in [-0.2, -0.15) is 0 Å². The van der Waals surface area contributed by atoms with Gasteiger partial charge in [0.15, 0.2) is 0 Å². The van der Waals surface area contributed by atoms with E-state index in [-0.39, 0.29) is 11.8 Å². The first-order chi connectivity index (χ1) is 3.83. The van der Waals surface area contributed by atoms with Gasteiger partial charge in [-0.05, 0) is 0 Å². The zero-order chi connectivity index (χ0) is 5.98. The Labute approximate surface area is 47.1 Å². The third kappa shape index (κ3) is 0.924. The number of nitrogens with one attached hydrogen (secondary N) is 1. The van der Waals surface area contributed by atoms with E-state index < -0.39 is 0 Å². The highest BCUT2D eigenvalue weighted by atomic mass is 16.1. The lowest BCUT2D eigenvalue weighted by Crippen LogP contribution is -2.22. The van der Waals surface area contributed by atoms with Crippen LogP contribution in [-0.4, -0.2) is 24.7 Å². The van der Waals surface area contributed by atoms with Crippen LogP contribution < -0.4 is 5.32 Å². The molecule has 0 bridgehead atoms. The van der Waals surface area contributed by atoms with Gasteiger partial charge in [0.2, 0.25) is 0 Å². The number of hydrogen-bond donors (Lipinski definition) is 1. The minimum absolute atomic E-state index is 0.127. The minimum atomic E-state index is -0.206.